The molecule has 0 aromatic carbocycles. The largest absolute Gasteiger partial charge is 1.00 e. The minimum atomic E-state index is 0. The van der Waals surface area contributed by atoms with Gasteiger partial charge in [-0.25, -0.2) is 13.7 Å². The first-order valence-corrected chi connectivity index (χ1v) is 7.45. The lowest BCUT2D eigenvalue weighted by molar-refractivity contribution is -0.670. The van der Waals surface area contributed by atoms with E-state index < -0.39 is 0 Å². The Balaban J connectivity index is 0.00000121. The van der Waals surface area contributed by atoms with Gasteiger partial charge in [0.05, 0.1) is 21.1 Å². The quantitative estimate of drug-likeness (QED) is 0.157. The van der Waals surface area contributed by atoms with Crippen LogP contribution in [0.3, 0.4) is 0 Å². The topological polar surface area (TPSA) is 65.1 Å². The molecule has 0 N–H and O–H groups in total. The first-order chi connectivity index (χ1) is 11.6. The normalized spacial score (nSPS) is 9.89. The molecular formula is C15H18I3N9. The maximum Gasteiger partial charge on any atom is 0.335 e. The number of hydrogen-bond donors (Lipinski definition) is 0. The fourth-order valence-corrected chi connectivity index (χ4v) is 2.40. The van der Waals surface area contributed by atoms with Crippen LogP contribution in [0.2, 0.25) is 0 Å². The van der Waals surface area contributed by atoms with Gasteiger partial charge in [0.2, 0.25) is 0 Å². The van der Waals surface area contributed by atoms with Gasteiger partial charge in [-0.1, -0.05) is 0 Å². The summed E-state index contributed by atoms with van der Waals surface area (Å²) in [6.45, 7) is 0. The van der Waals surface area contributed by atoms with Crippen LogP contribution in [-0.2, 0) is 21.1 Å². The molecule has 4 rings (SSSR count). The van der Waals surface area contributed by atoms with Gasteiger partial charge in [0.25, 0.3) is 19.0 Å². The molecule has 27 heavy (non-hydrogen) atoms. The first-order valence-electron chi connectivity index (χ1n) is 7.45. The van der Waals surface area contributed by atoms with Crippen molar-refractivity contribution in [1.29, 1.82) is 0 Å². The predicted octanol–water partition coefficient (Wildman–Crippen LogP) is -10.3. The molecule has 0 spiro atoms. The number of halogens is 3. The van der Waals surface area contributed by atoms with Gasteiger partial charge in [-0.2, -0.15) is 13.7 Å². The van der Waals surface area contributed by atoms with E-state index in [0.717, 1.165) is 0 Å². The molecule has 0 amide bonds. The van der Waals surface area contributed by atoms with Crippen LogP contribution in [0, 0.1) is 0 Å². The average molecular weight is 705 g/mol. The molecule has 4 heterocycles. The summed E-state index contributed by atoms with van der Waals surface area (Å²) >= 11 is 0. The molecule has 0 unspecified atom stereocenters. The van der Waals surface area contributed by atoms with Crippen LogP contribution >= 0.6 is 0 Å². The molecule has 4 aromatic heterocycles. The highest BCUT2D eigenvalue weighted by Gasteiger charge is 2.20. The van der Waals surface area contributed by atoms with E-state index >= 15 is 0 Å². The third kappa shape index (κ3) is 5.21. The van der Waals surface area contributed by atoms with Crippen molar-refractivity contribution in [1.82, 2.24) is 28.7 Å². The Labute approximate surface area is 207 Å². The smallest absolute Gasteiger partial charge is 0.335 e. The molecule has 4 aromatic rings. The van der Waals surface area contributed by atoms with Crippen molar-refractivity contribution in [3.63, 3.8) is 0 Å². The molecular weight excluding hydrogens is 687 g/mol. The average Bonchev–Trinajstić information content (AvgIpc) is 3.28. The first kappa shape index (κ1) is 23.9. The van der Waals surface area contributed by atoms with E-state index in [9.17, 15) is 0 Å². The van der Waals surface area contributed by atoms with Crippen molar-refractivity contribution in [3.8, 4) is 17.8 Å². The van der Waals surface area contributed by atoms with Crippen LogP contribution in [-0.4, -0.2) is 28.7 Å². The molecule has 0 radical (unpaired) electrons. The van der Waals surface area contributed by atoms with Crippen molar-refractivity contribution in [2.45, 2.75) is 0 Å². The lowest BCUT2D eigenvalue weighted by Crippen LogP contribution is -3.00. The maximum atomic E-state index is 4.59. The Kier molecular flexibility index (Phi) is 8.71. The minimum absolute atomic E-state index is 0. The minimum Gasteiger partial charge on any atom is -1.00 e. The van der Waals surface area contributed by atoms with Crippen LogP contribution in [0.15, 0.2) is 56.2 Å². The zero-order valence-corrected chi connectivity index (χ0v) is 21.3. The van der Waals surface area contributed by atoms with Crippen LogP contribution in [0.1, 0.15) is 0 Å². The summed E-state index contributed by atoms with van der Waals surface area (Å²) in [5.41, 5.74) is 0. The number of imidazole rings is 3. The van der Waals surface area contributed by atoms with E-state index in [1.54, 1.807) is 0 Å². The molecule has 0 atom stereocenters. The molecule has 0 aliphatic rings. The molecule has 0 saturated heterocycles. The Bertz CT molecular complexity index is 880. The van der Waals surface area contributed by atoms with Crippen LogP contribution in [0.5, 0.6) is 0 Å². The summed E-state index contributed by atoms with van der Waals surface area (Å²) in [4.78, 5) is 13.8. The van der Waals surface area contributed by atoms with Crippen LogP contribution in [0.4, 0.5) is 0 Å². The second-order valence-corrected chi connectivity index (χ2v) is 5.69. The number of aryl methyl sites for hydroxylation is 3. The van der Waals surface area contributed by atoms with Crippen molar-refractivity contribution in [2.24, 2.45) is 21.1 Å². The molecule has 0 fully saturated rings. The Hall–Kier alpha value is -1.17. The number of rotatable bonds is 3. The zero-order valence-electron chi connectivity index (χ0n) is 14.9. The molecule has 0 bridgehead atoms. The number of hydrogen-bond acceptors (Lipinski definition) is 3. The van der Waals surface area contributed by atoms with Gasteiger partial charge in [-0.05, 0) is 0 Å². The lowest BCUT2D eigenvalue weighted by atomic mass is 10.7. The maximum absolute atomic E-state index is 4.59. The summed E-state index contributed by atoms with van der Waals surface area (Å²) in [7, 11) is 5.87. The summed E-state index contributed by atoms with van der Waals surface area (Å²) in [6, 6.07) is 0. The van der Waals surface area contributed by atoms with Gasteiger partial charge in [0.15, 0.2) is 0 Å². The molecule has 12 heteroatoms. The van der Waals surface area contributed by atoms with E-state index in [1.807, 2.05) is 105 Å². The fourth-order valence-electron chi connectivity index (χ4n) is 2.40. The van der Waals surface area contributed by atoms with Gasteiger partial charge < -0.3 is 71.9 Å². The SMILES string of the molecule is C[n+]1ccn(-c2nc(-n3cc[n+](C)c3)nc(-n3cc[n+](C)c3)n2)c1.[I-].[I-].[I-]. The number of nitrogens with zero attached hydrogens (tertiary/aromatic N) is 9. The molecule has 9 nitrogen and oxygen atoms in total. The highest BCUT2D eigenvalue weighted by molar-refractivity contribution is 5.25. The van der Waals surface area contributed by atoms with E-state index in [1.165, 1.54) is 0 Å². The van der Waals surface area contributed by atoms with Crippen LogP contribution < -0.4 is 85.6 Å². The second kappa shape index (κ2) is 9.85. The summed E-state index contributed by atoms with van der Waals surface area (Å²) < 4.78 is 11.4. The van der Waals surface area contributed by atoms with E-state index in [2.05, 4.69) is 15.0 Å². The van der Waals surface area contributed by atoms with Gasteiger partial charge in [-0.15, -0.1) is 15.0 Å². The summed E-state index contributed by atoms with van der Waals surface area (Å²) in [6.07, 6.45) is 17.3. The van der Waals surface area contributed by atoms with Gasteiger partial charge in [0, 0.05) is 0 Å². The highest BCUT2D eigenvalue weighted by Crippen LogP contribution is 2.08. The number of aromatic nitrogens is 9. The van der Waals surface area contributed by atoms with Crippen molar-refractivity contribution in [3.05, 3.63) is 56.2 Å². The molecule has 0 saturated carbocycles. The van der Waals surface area contributed by atoms with Gasteiger partial charge in [0.1, 0.15) is 37.2 Å². The van der Waals surface area contributed by atoms with E-state index in [4.69, 9.17) is 0 Å². The second-order valence-electron chi connectivity index (χ2n) is 5.69. The fraction of sp³-hybridized carbons (Fsp3) is 0.200. The standard InChI is InChI=1S/C15H18N9.3HI/c1-19-4-7-22(10-19)13-16-14(23-8-5-20(2)11-23)18-15(17-13)24-9-6-21(3)12-24;;;/h4-12H,1-3H3;3*1H/q+3;;;/p-3. The van der Waals surface area contributed by atoms with Gasteiger partial charge >= 0.3 is 17.8 Å². The lowest BCUT2D eigenvalue weighted by Gasteiger charge is -1.99. The van der Waals surface area contributed by atoms with Gasteiger partial charge in [-0.3, -0.25) is 0 Å². The van der Waals surface area contributed by atoms with Crippen molar-refractivity contribution in [2.75, 3.05) is 0 Å². The Morgan fingerprint density at radius 2 is 0.815 bits per heavy atom. The van der Waals surface area contributed by atoms with E-state index in [-0.39, 0.29) is 71.9 Å². The monoisotopic (exact) mass is 705 g/mol. The van der Waals surface area contributed by atoms with E-state index in [0.29, 0.717) is 17.8 Å². The van der Waals surface area contributed by atoms with Crippen LogP contribution in [0.25, 0.3) is 17.8 Å². The summed E-state index contributed by atoms with van der Waals surface area (Å²) in [5.74, 6) is 1.68. The van der Waals surface area contributed by atoms with Crippen molar-refractivity contribution >= 4 is 0 Å². The highest BCUT2D eigenvalue weighted by atomic mass is 127. The third-order valence-electron chi connectivity index (χ3n) is 3.60. The molecule has 144 valence electrons. The summed E-state index contributed by atoms with van der Waals surface area (Å²) in [5, 5.41) is 0. The Morgan fingerprint density at radius 3 is 1.00 bits per heavy atom. The predicted molar refractivity (Wildman–Crippen MR) is 81.3 cm³/mol. The van der Waals surface area contributed by atoms with Crippen molar-refractivity contribution < 1.29 is 85.6 Å². The third-order valence-corrected chi connectivity index (χ3v) is 3.60. The zero-order chi connectivity index (χ0) is 16.7. The molecule has 0 aliphatic carbocycles. The Morgan fingerprint density at radius 1 is 0.556 bits per heavy atom. The molecule has 0 aliphatic heterocycles.